The van der Waals surface area contributed by atoms with Gasteiger partial charge in [0.05, 0.1) is 23.0 Å². The van der Waals surface area contributed by atoms with Crippen molar-refractivity contribution in [3.63, 3.8) is 0 Å². The molecule has 0 saturated carbocycles. The van der Waals surface area contributed by atoms with E-state index in [4.69, 9.17) is 0 Å². The highest BCUT2D eigenvalue weighted by molar-refractivity contribution is 5.95. The zero-order valence-corrected chi connectivity index (χ0v) is 15.4. The van der Waals surface area contributed by atoms with Crippen LogP contribution in [0.1, 0.15) is 57.7 Å². The molecule has 0 atom stereocenters. The van der Waals surface area contributed by atoms with Crippen molar-refractivity contribution in [3.05, 3.63) is 52.8 Å². The Morgan fingerprint density at radius 1 is 1.07 bits per heavy atom. The number of aromatic carboxylic acids is 1. The molecule has 1 N–H and O–H groups in total. The number of carbonyl (C=O) groups excluding carboxylic acids is 1. The lowest BCUT2D eigenvalue weighted by atomic mass is 9.88. The molecule has 1 fully saturated rings. The third-order valence-electron chi connectivity index (χ3n) is 5.87. The van der Waals surface area contributed by atoms with Crippen molar-refractivity contribution >= 4 is 11.9 Å². The quantitative estimate of drug-likeness (QED) is 0.901. The highest BCUT2D eigenvalue weighted by Crippen LogP contribution is 2.26. The largest absolute Gasteiger partial charge is 0.478 e. The number of nitrogens with zero attached hydrogens (tertiary/aromatic N) is 3. The molecule has 6 nitrogen and oxygen atoms in total. The third kappa shape index (κ3) is 3.61. The first kappa shape index (κ1) is 17.8. The summed E-state index contributed by atoms with van der Waals surface area (Å²) in [6.45, 7) is 2.36. The maximum atomic E-state index is 12.9. The Morgan fingerprint density at radius 3 is 2.63 bits per heavy atom. The predicted octanol–water partition coefficient (Wildman–Crippen LogP) is 3.01. The van der Waals surface area contributed by atoms with Crippen molar-refractivity contribution < 1.29 is 14.7 Å². The standard InChI is InChI=1S/C21H25N3O3/c25-20(18-14-22-24-10-4-3-7-19(18)24)23-11-8-15(9-12-23)13-16-5-1-2-6-17(16)21(26)27/h1-2,5-6,14-15H,3-4,7-13H2,(H,26,27). The molecule has 1 aromatic heterocycles. The van der Waals surface area contributed by atoms with E-state index in [1.165, 1.54) is 0 Å². The Hall–Kier alpha value is -2.63. The van der Waals surface area contributed by atoms with E-state index in [1.54, 1.807) is 18.3 Å². The topological polar surface area (TPSA) is 75.4 Å². The fraction of sp³-hybridized carbons (Fsp3) is 0.476. The van der Waals surface area contributed by atoms with Gasteiger partial charge in [-0.2, -0.15) is 5.10 Å². The number of hydrogen-bond acceptors (Lipinski definition) is 3. The predicted molar refractivity (Wildman–Crippen MR) is 101 cm³/mol. The molecule has 2 aliphatic heterocycles. The number of carbonyl (C=O) groups is 2. The number of likely N-dealkylation sites (tertiary alicyclic amines) is 1. The molecule has 0 spiro atoms. The average Bonchev–Trinajstić information content (AvgIpc) is 3.12. The zero-order valence-electron chi connectivity index (χ0n) is 15.4. The number of fused-ring (bicyclic) bond motifs is 1. The zero-order chi connectivity index (χ0) is 18.8. The first-order valence-electron chi connectivity index (χ1n) is 9.78. The van der Waals surface area contributed by atoms with E-state index in [1.807, 2.05) is 21.7 Å². The van der Waals surface area contributed by atoms with E-state index < -0.39 is 5.97 Å². The molecule has 2 aliphatic rings. The average molecular weight is 367 g/mol. The SMILES string of the molecule is O=C(O)c1ccccc1CC1CCN(C(=O)c2cnn3c2CCCC3)CC1. The van der Waals surface area contributed by atoms with Gasteiger partial charge < -0.3 is 10.0 Å². The van der Waals surface area contributed by atoms with Crippen LogP contribution in [0.4, 0.5) is 0 Å². The molecule has 27 heavy (non-hydrogen) atoms. The second-order valence-corrected chi connectivity index (χ2v) is 7.59. The van der Waals surface area contributed by atoms with Crippen LogP contribution in [0.3, 0.4) is 0 Å². The molecule has 0 aliphatic carbocycles. The summed E-state index contributed by atoms with van der Waals surface area (Å²) in [5.41, 5.74) is 3.14. The fourth-order valence-electron chi connectivity index (χ4n) is 4.33. The Bertz CT molecular complexity index is 850. The van der Waals surface area contributed by atoms with Crippen LogP contribution in [0, 0.1) is 5.92 Å². The van der Waals surface area contributed by atoms with Gasteiger partial charge in [0, 0.05) is 19.6 Å². The van der Waals surface area contributed by atoms with Crippen molar-refractivity contribution in [1.29, 1.82) is 0 Å². The van der Waals surface area contributed by atoms with Gasteiger partial charge in [-0.1, -0.05) is 18.2 Å². The molecular weight excluding hydrogens is 342 g/mol. The van der Waals surface area contributed by atoms with Crippen LogP contribution in [0.2, 0.25) is 0 Å². The van der Waals surface area contributed by atoms with Crippen molar-refractivity contribution in [3.8, 4) is 0 Å². The lowest BCUT2D eigenvalue weighted by Gasteiger charge is -2.32. The summed E-state index contributed by atoms with van der Waals surface area (Å²) in [4.78, 5) is 26.3. The van der Waals surface area contributed by atoms with Crippen LogP contribution in [-0.4, -0.2) is 44.8 Å². The molecule has 4 rings (SSSR count). The molecule has 0 radical (unpaired) electrons. The normalized spacial score (nSPS) is 17.6. The van der Waals surface area contributed by atoms with Crippen molar-refractivity contribution in [2.75, 3.05) is 13.1 Å². The second-order valence-electron chi connectivity index (χ2n) is 7.59. The van der Waals surface area contributed by atoms with Crippen molar-refractivity contribution in [2.24, 2.45) is 5.92 Å². The van der Waals surface area contributed by atoms with Crippen molar-refractivity contribution in [2.45, 2.75) is 45.1 Å². The number of hydrogen-bond donors (Lipinski definition) is 1. The monoisotopic (exact) mass is 367 g/mol. The highest BCUT2D eigenvalue weighted by Gasteiger charge is 2.28. The van der Waals surface area contributed by atoms with E-state index in [0.29, 0.717) is 11.5 Å². The van der Waals surface area contributed by atoms with Crippen LogP contribution >= 0.6 is 0 Å². The third-order valence-corrected chi connectivity index (χ3v) is 5.87. The Balaban J connectivity index is 1.39. The number of aromatic nitrogens is 2. The maximum absolute atomic E-state index is 12.9. The van der Waals surface area contributed by atoms with E-state index in [0.717, 1.165) is 75.0 Å². The van der Waals surface area contributed by atoms with E-state index in [9.17, 15) is 14.7 Å². The summed E-state index contributed by atoms with van der Waals surface area (Å²) in [7, 11) is 0. The Morgan fingerprint density at radius 2 is 1.85 bits per heavy atom. The van der Waals surface area contributed by atoms with Gasteiger partial charge in [0.1, 0.15) is 0 Å². The summed E-state index contributed by atoms with van der Waals surface area (Å²) < 4.78 is 1.98. The number of piperidine rings is 1. The number of rotatable bonds is 4. The van der Waals surface area contributed by atoms with Gasteiger partial charge in [0.15, 0.2) is 0 Å². The summed E-state index contributed by atoms with van der Waals surface area (Å²) in [5, 5.41) is 13.7. The summed E-state index contributed by atoms with van der Waals surface area (Å²) in [6.07, 6.45) is 7.49. The van der Waals surface area contributed by atoms with Gasteiger partial charge in [0.2, 0.25) is 0 Å². The summed E-state index contributed by atoms with van der Waals surface area (Å²) >= 11 is 0. The Kier molecular flexibility index (Phi) is 4.97. The minimum absolute atomic E-state index is 0.0996. The molecule has 0 unspecified atom stereocenters. The van der Waals surface area contributed by atoms with Gasteiger partial charge in [0.25, 0.3) is 5.91 Å². The van der Waals surface area contributed by atoms with E-state index in [-0.39, 0.29) is 5.91 Å². The number of carboxylic acids is 1. The highest BCUT2D eigenvalue weighted by atomic mass is 16.4. The van der Waals surface area contributed by atoms with Crippen LogP contribution < -0.4 is 0 Å². The molecule has 1 amide bonds. The van der Waals surface area contributed by atoms with Crippen LogP contribution in [0.25, 0.3) is 0 Å². The minimum atomic E-state index is -0.871. The first-order valence-corrected chi connectivity index (χ1v) is 9.78. The summed E-state index contributed by atoms with van der Waals surface area (Å²) in [6, 6.07) is 7.23. The molecule has 1 saturated heterocycles. The van der Waals surface area contributed by atoms with Crippen molar-refractivity contribution in [1.82, 2.24) is 14.7 Å². The van der Waals surface area contributed by atoms with Gasteiger partial charge in [-0.05, 0) is 56.1 Å². The van der Waals surface area contributed by atoms with Gasteiger partial charge in [-0.25, -0.2) is 4.79 Å². The van der Waals surface area contributed by atoms with Crippen LogP contribution in [-0.2, 0) is 19.4 Å². The lowest BCUT2D eigenvalue weighted by Crippen LogP contribution is -2.39. The number of benzene rings is 1. The Labute approximate surface area is 158 Å². The van der Waals surface area contributed by atoms with Gasteiger partial charge in [-0.15, -0.1) is 0 Å². The van der Waals surface area contributed by atoms with Crippen LogP contribution in [0.15, 0.2) is 30.5 Å². The molecule has 1 aromatic carbocycles. The number of amides is 1. The number of aryl methyl sites for hydroxylation is 1. The van der Waals surface area contributed by atoms with E-state index >= 15 is 0 Å². The lowest BCUT2D eigenvalue weighted by molar-refractivity contribution is 0.0689. The van der Waals surface area contributed by atoms with Gasteiger partial charge in [-0.3, -0.25) is 9.48 Å². The molecule has 2 aromatic rings. The van der Waals surface area contributed by atoms with Gasteiger partial charge >= 0.3 is 5.97 Å². The molecule has 3 heterocycles. The molecule has 6 heteroatoms. The smallest absolute Gasteiger partial charge is 0.335 e. The second kappa shape index (κ2) is 7.55. The molecule has 142 valence electrons. The molecular formula is C21H25N3O3. The first-order chi connectivity index (χ1) is 13.1. The van der Waals surface area contributed by atoms with E-state index in [2.05, 4.69) is 5.10 Å². The molecule has 0 bridgehead atoms. The summed E-state index contributed by atoms with van der Waals surface area (Å²) in [5.74, 6) is -0.359. The minimum Gasteiger partial charge on any atom is -0.478 e. The van der Waals surface area contributed by atoms with Crippen LogP contribution in [0.5, 0.6) is 0 Å². The fourth-order valence-corrected chi connectivity index (χ4v) is 4.33. The maximum Gasteiger partial charge on any atom is 0.335 e. The number of carboxylic acid groups (broad SMARTS) is 1.